The summed E-state index contributed by atoms with van der Waals surface area (Å²) in [6, 6.07) is 22.3. The van der Waals surface area contributed by atoms with E-state index in [2.05, 4.69) is 31.9 Å². The average Bonchev–Trinajstić information content (AvgIpc) is 3.65. The number of nitrogens with zero attached hydrogens (tertiary/aromatic N) is 2. The van der Waals surface area contributed by atoms with E-state index >= 15 is 0 Å². The van der Waals surface area contributed by atoms with Crippen LogP contribution < -0.4 is 4.90 Å². The molecule has 2 heterocycles. The summed E-state index contributed by atoms with van der Waals surface area (Å²) in [5.74, 6) is -1.62. The highest BCUT2D eigenvalue weighted by atomic mass is 79.9. The Bertz CT molecular complexity index is 1820. The van der Waals surface area contributed by atoms with Gasteiger partial charge in [0.05, 0.1) is 34.3 Å². The van der Waals surface area contributed by atoms with Crippen LogP contribution in [0.1, 0.15) is 34.1 Å². The summed E-state index contributed by atoms with van der Waals surface area (Å²) >= 11 is 13.7. The van der Waals surface area contributed by atoms with Crippen LogP contribution in [0.15, 0.2) is 78.9 Å². The molecular formula is C34H25Br2ClN2O5. The first-order valence-corrected chi connectivity index (χ1v) is 16.5. The lowest BCUT2D eigenvalue weighted by Crippen LogP contribution is -2.37. The number of halogens is 3. The highest BCUT2D eigenvalue weighted by molar-refractivity contribution is 9.12. The van der Waals surface area contributed by atoms with Gasteiger partial charge >= 0.3 is 5.97 Å². The first-order valence-electron chi connectivity index (χ1n) is 14.3. The van der Waals surface area contributed by atoms with Crippen LogP contribution in [-0.2, 0) is 14.3 Å². The molecular weight excluding hydrogens is 712 g/mol. The monoisotopic (exact) mass is 734 g/mol. The number of aromatic nitrogens is 1. The summed E-state index contributed by atoms with van der Waals surface area (Å²) in [6.45, 7) is 1.54. The van der Waals surface area contributed by atoms with Gasteiger partial charge in [-0.15, -0.1) is 0 Å². The maximum Gasteiger partial charge on any atom is 0.339 e. The Balaban J connectivity index is 1.18. The molecule has 3 fully saturated rings. The number of esters is 1. The van der Waals surface area contributed by atoms with Crippen molar-refractivity contribution in [2.24, 2.45) is 23.7 Å². The summed E-state index contributed by atoms with van der Waals surface area (Å²) < 4.78 is 5.63. The standard InChI is InChI=1S/C34H25Br2ClN2O5/c1-16(31(40)18-5-3-2-4-6-18)44-34(43)22-15-26(38-25-12-9-19(37)13-21(22)25)17-7-10-20(11-8-17)39-32(41)27-23-14-24(28(27)33(39)42)30(36)29(23)35/h2-13,15-16,23-24,27-30H,14H2,1H3. The van der Waals surface area contributed by atoms with Crippen molar-refractivity contribution >= 4 is 83.6 Å². The molecule has 1 saturated heterocycles. The third-order valence-corrected chi connectivity index (χ3v) is 12.6. The number of anilines is 1. The number of rotatable bonds is 6. The van der Waals surface area contributed by atoms with Crippen molar-refractivity contribution in [2.45, 2.75) is 29.1 Å². The van der Waals surface area contributed by atoms with E-state index in [0.29, 0.717) is 38.4 Å². The number of hydrogen-bond acceptors (Lipinski definition) is 6. The van der Waals surface area contributed by atoms with Gasteiger partial charge in [-0.3, -0.25) is 19.3 Å². The first kappa shape index (κ1) is 29.3. The summed E-state index contributed by atoms with van der Waals surface area (Å²) in [6.07, 6.45) is -0.145. The number of ketones is 1. The van der Waals surface area contributed by atoms with Crippen LogP contribution in [0.3, 0.4) is 0 Å². The van der Waals surface area contributed by atoms with Crippen LogP contribution in [0.2, 0.25) is 5.02 Å². The van der Waals surface area contributed by atoms with Crippen molar-refractivity contribution in [1.29, 1.82) is 0 Å². The lowest BCUT2D eigenvalue weighted by molar-refractivity contribution is -0.123. The predicted octanol–water partition coefficient (Wildman–Crippen LogP) is 7.27. The molecule has 4 aromatic rings. The van der Waals surface area contributed by atoms with Crippen LogP contribution in [0, 0.1) is 23.7 Å². The molecule has 7 unspecified atom stereocenters. The van der Waals surface area contributed by atoms with Gasteiger partial charge in [0.1, 0.15) is 0 Å². The van der Waals surface area contributed by atoms with Gasteiger partial charge in [-0.05, 0) is 61.6 Å². The lowest BCUT2D eigenvalue weighted by Gasteiger charge is -2.28. The highest BCUT2D eigenvalue weighted by Gasteiger charge is 2.66. The van der Waals surface area contributed by atoms with E-state index in [1.54, 1.807) is 85.8 Å². The van der Waals surface area contributed by atoms with Crippen molar-refractivity contribution in [3.63, 3.8) is 0 Å². The normalized spacial score (nSPS) is 26.2. The Kier molecular flexibility index (Phi) is 7.46. The van der Waals surface area contributed by atoms with E-state index in [0.717, 1.165) is 6.42 Å². The molecule has 7 rings (SSSR count). The Morgan fingerprint density at radius 2 is 1.55 bits per heavy atom. The van der Waals surface area contributed by atoms with Crippen molar-refractivity contribution in [2.75, 3.05) is 4.90 Å². The zero-order valence-corrected chi connectivity index (χ0v) is 27.3. The van der Waals surface area contributed by atoms with Gasteiger partial charge in [-0.1, -0.05) is 85.9 Å². The van der Waals surface area contributed by atoms with Crippen LogP contribution in [0.5, 0.6) is 0 Å². The van der Waals surface area contributed by atoms with Gasteiger partial charge in [-0.25, -0.2) is 9.78 Å². The van der Waals surface area contributed by atoms with Crippen molar-refractivity contribution in [3.8, 4) is 11.3 Å². The molecule has 1 aliphatic heterocycles. The van der Waals surface area contributed by atoms with E-state index in [-0.39, 0.29) is 56.5 Å². The summed E-state index contributed by atoms with van der Waals surface area (Å²) in [5.41, 5.74) is 2.85. The maximum atomic E-state index is 13.5. The molecule has 2 bridgehead atoms. The molecule has 10 heteroatoms. The molecule has 2 aliphatic carbocycles. The second kappa shape index (κ2) is 11.2. The molecule has 222 valence electrons. The topological polar surface area (TPSA) is 93.6 Å². The predicted molar refractivity (Wildman–Crippen MR) is 174 cm³/mol. The van der Waals surface area contributed by atoms with Gasteiger partial charge in [0, 0.05) is 31.2 Å². The molecule has 3 aromatic carbocycles. The molecule has 2 saturated carbocycles. The van der Waals surface area contributed by atoms with E-state index in [1.165, 1.54) is 4.90 Å². The maximum absolute atomic E-state index is 13.5. The van der Waals surface area contributed by atoms with Gasteiger partial charge < -0.3 is 4.74 Å². The fourth-order valence-corrected chi connectivity index (χ4v) is 9.06. The van der Waals surface area contributed by atoms with E-state index in [4.69, 9.17) is 21.3 Å². The minimum atomic E-state index is -1.01. The van der Waals surface area contributed by atoms with E-state index in [9.17, 15) is 19.2 Å². The average molecular weight is 737 g/mol. The smallest absolute Gasteiger partial charge is 0.339 e. The second-order valence-electron chi connectivity index (χ2n) is 11.6. The van der Waals surface area contributed by atoms with E-state index < -0.39 is 12.1 Å². The van der Waals surface area contributed by atoms with Gasteiger partial charge in [0.2, 0.25) is 17.6 Å². The quantitative estimate of drug-likeness (QED) is 0.0896. The molecule has 3 aliphatic rings. The van der Waals surface area contributed by atoms with Crippen molar-refractivity contribution in [1.82, 2.24) is 4.98 Å². The number of Topliss-reactive ketones (excluding diaryl/α,β-unsaturated/α-hetero) is 1. The molecule has 7 atom stereocenters. The number of benzene rings is 3. The SMILES string of the molecule is CC(OC(=O)c1cc(-c2ccc(N3C(=O)C4C5CC(C(Br)C5Br)C4C3=O)cc2)nc2ccc(Cl)cc12)C(=O)c1ccccc1. The molecule has 0 spiro atoms. The number of imide groups is 1. The third kappa shape index (κ3) is 4.71. The number of carbonyl (C=O) groups is 4. The largest absolute Gasteiger partial charge is 0.451 e. The van der Waals surface area contributed by atoms with Gasteiger partial charge in [0.15, 0.2) is 6.10 Å². The number of hydrogen-bond donors (Lipinski definition) is 0. The molecule has 2 amide bonds. The highest BCUT2D eigenvalue weighted by Crippen LogP contribution is 2.60. The summed E-state index contributed by atoms with van der Waals surface area (Å²) in [5, 5.41) is 0.918. The molecule has 7 nitrogen and oxygen atoms in total. The minimum absolute atomic E-state index is 0.134. The Hall–Kier alpha value is -3.40. The number of ether oxygens (including phenoxy) is 1. The number of pyridine rings is 1. The third-order valence-electron chi connectivity index (χ3n) is 9.11. The van der Waals surface area contributed by atoms with Crippen LogP contribution in [0.25, 0.3) is 22.2 Å². The second-order valence-corrected chi connectivity index (χ2v) is 14.1. The van der Waals surface area contributed by atoms with Crippen LogP contribution >= 0.6 is 43.5 Å². The van der Waals surface area contributed by atoms with Crippen LogP contribution in [-0.4, -0.2) is 44.3 Å². The first-order chi connectivity index (χ1) is 21.1. The lowest BCUT2D eigenvalue weighted by atomic mass is 9.81. The van der Waals surface area contributed by atoms with Crippen LogP contribution in [0.4, 0.5) is 5.69 Å². The zero-order valence-electron chi connectivity index (χ0n) is 23.3. The fourth-order valence-electron chi connectivity index (χ4n) is 7.01. The van der Waals surface area contributed by atoms with Crippen molar-refractivity contribution in [3.05, 3.63) is 95.0 Å². The molecule has 0 N–H and O–H groups in total. The van der Waals surface area contributed by atoms with E-state index in [1.807, 2.05) is 0 Å². The number of carbonyl (C=O) groups excluding carboxylic acids is 4. The molecule has 0 radical (unpaired) electrons. The van der Waals surface area contributed by atoms with Gasteiger partial charge in [-0.2, -0.15) is 0 Å². The summed E-state index contributed by atoms with van der Waals surface area (Å²) in [7, 11) is 0. The molecule has 1 aromatic heterocycles. The number of alkyl halides is 2. The number of fused-ring (bicyclic) bond motifs is 6. The Morgan fingerprint density at radius 1 is 0.909 bits per heavy atom. The zero-order chi connectivity index (χ0) is 30.9. The fraction of sp³-hybridized carbons (Fsp3) is 0.265. The van der Waals surface area contributed by atoms with Crippen molar-refractivity contribution < 1.29 is 23.9 Å². The molecule has 44 heavy (non-hydrogen) atoms. The minimum Gasteiger partial charge on any atom is -0.451 e. The number of amides is 2. The Labute approximate surface area is 275 Å². The summed E-state index contributed by atoms with van der Waals surface area (Å²) in [4.78, 5) is 59.7. The van der Waals surface area contributed by atoms with Gasteiger partial charge in [0.25, 0.3) is 0 Å². The Morgan fingerprint density at radius 3 is 2.18 bits per heavy atom.